The molecule has 3 aromatic carbocycles. The van der Waals surface area contributed by atoms with Gasteiger partial charge in [0.15, 0.2) is 11.5 Å². The maximum Gasteiger partial charge on any atom is 0.264 e. The molecule has 0 aromatic heterocycles. The molecule has 220 valence electrons. The van der Waals surface area contributed by atoms with Crippen molar-refractivity contribution in [1.82, 2.24) is 10.2 Å². The van der Waals surface area contributed by atoms with Crippen molar-refractivity contribution in [2.45, 2.75) is 38.3 Å². The average molecular weight is 584 g/mol. The molecular weight excluding hydrogens is 546 g/mol. The zero-order valence-corrected chi connectivity index (χ0v) is 25.0. The van der Waals surface area contributed by atoms with E-state index in [2.05, 4.69) is 5.32 Å². The van der Waals surface area contributed by atoms with Gasteiger partial charge in [0.1, 0.15) is 18.3 Å². The number of nitrogens with one attached hydrogen (secondary N) is 1. The minimum atomic E-state index is -4.26. The fourth-order valence-electron chi connectivity index (χ4n) is 4.18. The van der Waals surface area contributed by atoms with E-state index in [1.54, 1.807) is 69.5 Å². The van der Waals surface area contributed by atoms with Crippen molar-refractivity contribution in [2.75, 3.05) is 38.7 Å². The Kier molecular flexibility index (Phi) is 10.6. The maximum atomic E-state index is 14.0. The summed E-state index contributed by atoms with van der Waals surface area (Å²) in [5, 5.41) is 2.75. The predicted molar refractivity (Wildman–Crippen MR) is 157 cm³/mol. The Hall–Kier alpha value is -4.25. The van der Waals surface area contributed by atoms with Gasteiger partial charge in [0, 0.05) is 19.2 Å². The predicted octanol–water partition coefficient (Wildman–Crippen LogP) is 3.77. The lowest BCUT2D eigenvalue weighted by Crippen LogP contribution is -2.51. The highest BCUT2D eigenvalue weighted by Crippen LogP contribution is 2.32. The summed E-state index contributed by atoms with van der Waals surface area (Å²) in [6.45, 7) is 5.21. The molecule has 41 heavy (non-hydrogen) atoms. The maximum absolute atomic E-state index is 14.0. The number of anilines is 1. The number of likely N-dealkylation sites (N-methyl/N-ethyl adjacent to an activating group) is 1. The van der Waals surface area contributed by atoms with Gasteiger partial charge in [-0.05, 0) is 62.7 Å². The van der Waals surface area contributed by atoms with Crippen LogP contribution in [0.4, 0.5) is 5.69 Å². The Morgan fingerprint density at radius 2 is 1.51 bits per heavy atom. The Morgan fingerprint density at radius 1 is 0.878 bits per heavy atom. The molecule has 2 amide bonds. The lowest BCUT2D eigenvalue weighted by atomic mass is 10.1. The van der Waals surface area contributed by atoms with Crippen molar-refractivity contribution < 1.29 is 32.2 Å². The summed E-state index contributed by atoms with van der Waals surface area (Å²) in [6, 6.07) is 17.3. The summed E-state index contributed by atoms with van der Waals surface area (Å²) in [6.07, 6.45) is 0. The molecule has 3 aromatic rings. The first-order valence-electron chi connectivity index (χ1n) is 13.1. The van der Waals surface area contributed by atoms with E-state index in [-0.39, 0.29) is 23.1 Å². The molecule has 1 atom stereocenters. The largest absolute Gasteiger partial charge is 0.497 e. The van der Waals surface area contributed by atoms with Crippen LogP contribution in [-0.4, -0.2) is 65.6 Å². The molecule has 0 bridgehead atoms. The Balaban J connectivity index is 2.05. The molecule has 3 rings (SSSR count). The van der Waals surface area contributed by atoms with Crippen molar-refractivity contribution in [1.29, 1.82) is 0 Å². The number of amides is 2. The van der Waals surface area contributed by atoms with Crippen LogP contribution in [0.2, 0.25) is 0 Å². The zero-order chi connectivity index (χ0) is 30.2. The summed E-state index contributed by atoms with van der Waals surface area (Å²) in [5.74, 6) is 0.346. The molecule has 0 fully saturated rings. The van der Waals surface area contributed by atoms with Crippen LogP contribution >= 0.6 is 0 Å². The van der Waals surface area contributed by atoms with Gasteiger partial charge in [0.25, 0.3) is 10.0 Å². The van der Waals surface area contributed by atoms with E-state index in [0.29, 0.717) is 23.7 Å². The standard InChI is InChI=1S/C30H37N3O7S/c1-7-31-30(35)22(3)32(19-23-10-14-25(38-4)15-11-23)29(34)20-33(24-12-8-21(2)9-13-24)41(36,37)26-16-17-27(39-5)28(18-26)40-6/h8-18,22H,7,19-20H2,1-6H3,(H,31,35)/t22-/m1/s1. The topological polar surface area (TPSA) is 114 Å². The number of methoxy groups -OCH3 is 3. The van der Waals surface area contributed by atoms with Crippen molar-refractivity contribution >= 4 is 27.5 Å². The van der Waals surface area contributed by atoms with Gasteiger partial charge in [-0.2, -0.15) is 0 Å². The van der Waals surface area contributed by atoms with Crippen molar-refractivity contribution in [3.05, 3.63) is 77.9 Å². The fraction of sp³-hybridized carbons (Fsp3) is 0.333. The molecule has 0 heterocycles. The third kappa shape index (κ3) is 7.49. The number of sulfonamides is 1. The number of ether oxygens (including phenoxy) is 3. The second-order valence-electron chi connectivity index (χ2n) is 9.30. The highest BCUT2D eigenvalue weighted by atomic mass is 32.2. The van der Waals surface area contributed by atoms with Crippen molar-refractivity contribution in [3.8, 4) is 17.2 Å². The highest BCUT2D eigenvalue weighted by molar-refractivity contribution is 7.92. The van der Waals surface area contributed by atoms with Gasteiger partial charge >= 0.3 is 0 Å². The van der Waals surface area contributed by atoms with E-state index >= 15 is 0 Å². The molecule has 11 heteroatoms. The number of aryl methyl sites for hydroxylation is 1. The van der Waals surface area contributed by atoms with Crippen LogP contribution in [0.15, 0.2) is 71.6 Å². The monoisotopic (exact) mass is 583 g/mol. The van der Waals surface area contributed by atoms with E-state index in [0.717, 1.165) is 15.4 Å². The van der Waals surface area contributed by atoms with E-state index < -0.39 is 28.5 Å². The average Bonchev–Trinajstić information content (AvgIpc) is 2.98. The van der Waals surface area contributed by atoms with Crippen molar-refractivity contribution in [3.63, 3.8) is 0 Å². The first-order chi connectivity index (χ1) is 19.5. The van der Waals surface area contributed by atoms with E-state index in [1.807, 2.05) is 6.92 Å². The first-order valence-corrected chi connectivity index (χ1v) is 14.5. The Labute approximate surface area is 241 Å². The summed E-state index contributed by atoms with van der Waals surface area (Å²) < 4.78 is 44.9. The van der Waals surface area contributed by atoms with Gasteiger partial charge in [0.2, 0.25) is 11.8 Å². The molecular formula is C30H37N3O7S. The minimum Gasteiger partial charge on any atom is -0.497 e. The Morgan fingerprint density at radius 3 is 2.07 bits per heavy atom. The number of carbonyl (C=O) groups excluding carboxylic acids is 2. The molecule has 0 saturated carbocycles. The summed E-state index contributed by atoms with van der Waals surface area (Å²) in [5.41, 5.74) is 1.98. The van der Waals surface area contributed by atoms with Crippen LogP contribution < -0.4 is 23.8 Å². The second kappa shape index (κ2) is 13.9. The molecule has 0 unspecified atom stereocenters. The van der Waals surface area contributed by atoms with Crippen LogP contribution in [-0.2, 0) is 26.2 Å². The van der Waals surface area contributed by atoms with Crippen LogP contribution in [0.3, 0.4) is 0 Å². The number of nitrogens with zero attached hydrogens (tertiary/aromatic N) is 2. The summed E-state index contributed by atoms with van der Waals surface area (Å²) >= 11 is 0. The number of hydrogen-bond acceptors (Lipinski definition) is 7. The van der Waals surface area contributed by atoms with E-state index in [9.17, 15) is 18.0 Å². The SMILES string of the molecule is CCNC(=O)[C@@H](C)N(Cc1ccc(OC)cc1)C(=O)CN(c1ccc(C)cc1)S(=O)(=O)c1ccc(OC)c(OC)c1. The zero-order valence-electron chi connectivity index (χ0n) is 24.2. The molecule has 0 radical (unpaired) electrons. The quantitative estimate of drug-likeness (QED) is 0.326. The second-order valence-corrected chi connectivity index (χ2v) is 11.2. The molecule has 0 spiro atoms. The molecule has 0 aliphatic carbocycles. The van der Waals surface area contributed by atoms with Gasteiger partial charge in [-0.25, -0.2) is 8.42 Å². The molecule has 0 aliphatic heterocycles. The number of carbonyl (C=O) groups is 2. The Bertz CT molecular complexity index is 1440. The van der Waals surface area contributed by atoms with Gasteiger partial charge in [0.05, 0.1) is 31.9 Å². The minimum absolute atomic E-state index is 0.0815. The smallest absolute Gasteiger partial charge is 0.264 e. The number of rotatable bonds is 13. The lowest BCUT2D eigenvalue weighted by Gasteiger charge is -2.32. The summed E-state index contributed by atoms with van der Waals surface area (Å²) in [7, 11) is 0.165. The third-order valence-corrected chi connectivity index (χ3v) is 8.34. The first kappa shape index (κ1) is 31.3. The lowest BCUT2D eigenvalue weighted by molar-refractivity contribution is -0.139. The van der Waals surface area contributed by atoms with E-state index in [4.69, 9.17) is 14.2 Å². The number of benzene rings is 3. The van der Waals surface area contributed by atoms with Crippen LogP contribution in [0.25, 0.3) is 0 Å². The summed E-state index contributed by atoms with van der Waals surface area (Å²) in [4.78, 5) is 28.1. The van der Waals surface area contributed by atoms with Gasteiger partial charge < -0.3 is 24.4 Å². The van der Waals surface area contributed by atoms with Crippen LogP contribution in [0, 0.1) is 6.92 Å². The van der Waals surface area contributed by atoms with Crippen LogP contribution in [0.5, 0.6) is 17.2 Å². The van der Waals surface area contributed by atoms with Gasteiger partial charge in [-0.15, -0.1) is 0 Å². The molecule has 0 aliphatic rings. The van der Waals surface area contributed by atoms with Crippen LogP contribution in [0.1, 0.15) is 25.0 Å². The number of hydrogen-bond donors (Lipinski definition) is 1. The molecule has 0 saturated heterocycles. The van der Waals surface area contributed by atoms with Crippen molar-refractivity contribution in [2.24, 2.45) is 0 Å². The fourth-order valence-corrected chi connectivity index (χ4v) is 5.61. The third-order valence-electron chi connectivity index (χ3n) is 6.57. The van der Waals surface area contributed by atoms with E-state index in [1.165, 1.54) is 37.3 Å². The molecule has 1 N–H and O–H groups in total. The molecule has 10 nitrogen and oxygen atoms in total. The van der Waals surface area contributed by atoms with Gasteiger partial charge in [-0.1, -0.05) is 29.8 Å². The van der Waals surface area contributed by atoms with Gasteiger partial charge in [-0.3, -0.25) is 13.9 Å². The normalized spacial score (nSPS) is 11.8. The highest BCUT2D eigenvalue weighted by Gasteiger charge is 2.33.